The number of carbonyl (C=O) groups excluding carboxylic acids is 2. The molecule has 5 nitrogen and oxygen atoms in total. The summed E-state index contributed by atoms with van der Waals surface area (Å²) >= 11 is 0. The maximum absolute atomic E-state index is 12.0. The Labute approximate surface area is 118 Å². The molecule has 108 valence electrons. The van der Waals surface area contributed by atoms with Crippen molar-refractivity contribution in [3.63, 3.8) is 0 Å². The average Bonchev–Trinajstić information content (AvgIpc) is 2.48. The second kappa shape index (κ2) is 5.53. The second-order valence-electron chi connectivity index (χ2n) is 5.89. The fraction of sp³-hybridized carbons (Fsp3) is 0.467. The zero-order valence-corrected chi connectivity index (χ0v) is 12.0. The number of hydrogen-bond donors (Lipinski definition) is 2. The van der Waals surface area contributed by atoms with E-state index in [0.29, 0.717) is 13.0 Å². The van der Waals surface area contributed by atoms with Gasteiger partial charge in [0.15, 0.2) is 0 Å². The van der Waals surface area contributed by atoms with Crippen LogP contribution in [-0.4, -0.2) is 23.6 Å². The van der Waals surface area contributed by atoms with E-state index in [1.165, 1.54) is 0 Å². The van der Waals surface area contributed by atoms with Crippen molar-refractivity contribution in [1.29, 1.82) is 0 Å². The summed E-state index contributed by atoms with van der Waals surface area (Å²) in [6.07, 6.45) is -0.0987. The summed E-state index contributed by atoms with van der Waals surface area (Å²) in [5.74, 6) is -0.188. The van der Waals surface area contributed by atoms with Crippen molar-refractivity contribution >= 4 is 12.0 Å². The molecule has 1 heterocycles. The lowest BCUT2D eigenvalue weighted by Crippen LogP contribution is -2.48. The van der Waals surface area contributed by atoms with Crippen molar-refractivity contribution in [3.05, 3.63) is 35.4 Å². The van der Waals surface area contributed by atoms with Crippen LogP contribution in [0.25, 0.3) is 0 Å². The van der Waals surface area contributed by atoms with E-state index in [1.54, 1.807) is 20.8 Å². The minimum absolute atomic E-state index is 0.188. The van der Waals surface area contributed by atoms with Crippen molar-refractivity contribution in [2.24, 2.45) is 0 Å². The second-order valence-corrected chi connectivity index (χ2v) is 5.89. The van der Waals surface area contributed by atoms with Crippen LogP contribution in [0.5, 0.6) is 0 Å². The summed E-state index contributed by atoms with van der Waals surface area (Å²) in [4.78, 5) is 23.8. The predicted octanol–water partition coefficient (Wildman–Crippen LogP) is 1.75. The Kier molecular flexibility index (Phi) is 3.97. The van der Waals surface area contributed by atoms with Gasteiger partial charge < -0.3 is 15.4 Å². The molecular weight excluding hydrogens is 256 g/mol. The molecule has 0 aromatic heterocycles. The molecule has 2 amide bonds. The number of benzene rings is 1. The number of rotatable bonds is 1. The Balaban J connectivity index is 2.08. The van der Waals surface area contributed by atoms with Gasteiger partial charge >= 0.3 is 6.09 Å². The molecule has 0 fully saturated rings. The molecule has 20 heavy (non-hydrogen) atoms. The molecule has 1 atom stereocenters. The van der Waals surface area contributed by atoms with Gasteiger partial charge in [-0.25, -0.2) is 4.79 Å². The van der Waals surface area contributed by atoms with Crippen molar-refractivity contribution in [3.8, 4) is 0 Å². The molecular formula is C15H20N2O3. The van der Waals surface area contributed by atoms with E-state index >= 15 is 0 Å². The van der Waals surface area contributed by atoms with Crippen LogP contribution in [0.15, 0.2) is 24.3 Å². The van der Waals surface area contributed by atoms with E-state index in [-0.39, 0.29) is 5.91 Å². The predicted molar refractivity (Wildman–Crippen MR) is 75.2 cm³/mol. The highest BCUT2D eigenvalue weighted by atomic mass is 16.6. The number of carbonyl (C=O) groups is 2. The lowest BCUT2D eigenvalue weighted by molar-refractivity contribution is -0.123. The van der Waals surface area contributed by atoms with Gasteiger partial charge in [-0.15, -0.1) is 0 Å². The molecule has 0 bridgehead atoms. The van der Waals surface area contributed by atoms with E-state index in [2.05, 4.69) is 10.6 Å². The van der Waals surface area contributed by atoms with Gasteiger partial charge in [-0.2, -0.15) is 0 Å². The third-order valence-corrected chi connectivity index (χ3v) is 3.00. The van der Waals surface area contributed by atoms with E-state index in [4.69, 9.17) is 4.74 Å². The maximum atomic E-state index is 12.0. The molecule has 1 aliphatic rings. The number of hydrogen-bond acceptors (Lipinski definition) is 3. The average molecular weight is 276 g/mol. The molecule has 0 spiro atoms. The quantitative estimate of drug-likeness (QED) is 0.821. The highest BCUT2D eigenvalue weighted by molar-refractivity contribution is 5.86. The monoisotopic (exact) mass is 276 g/mol. The van der Waals surface area contributed by atoms with E-state index in [1.807, 2.05) is 24.3 Å². The minimum Gasteiger partial charge on any atom is -0.444 e. The number of nitrogens with one attached hydrogen (secondary N) is 2. The molecule has 2 N–H and O–H groups in total. The van der Waals surface area contributed by atoms with E-state index in [0.717, 1.165) is 11.1 Å². The lowest BCUT2D eigenvalue weighted by Gasteiger charge is -2.22. The number of fused-ring (bicyclic) bond motifs is 1. The van der Waals surface area contributed by atoms with E-state index < -0.39 is 17.7 Å². The van der Waals surface area contributed by atoms with Crippen LogP contribution in [0, 0.1) is 0 Å². The smallest absolute Gasteiger partial charge is 0.408 e. The Morgan fingerprint density at radius 2 is 1.95 bits per heavy atom. The van der Waals surface area contributed by atoms with Crippen molar-refractivity contribution in [1.82, 2.24) is 10.6 Å². The summed E-state index contributed by atoms with van der Waals surface area (Å²) in [5.41, 5.74) is 1.56. The third-order valence-electron chi connectivity index (χ3n) is 3.00. The molecule has 2 rings (SSSR count). The van der Waals surface area contributed by atoms with Crippen LogP contribution >= 0.6 is 0 Å². The van der Waals surface area contributed by atoms with Gasteiger partial charge in [0.1, 0.15) is 11.6 Å². The van der Waals surface area contributed by atoms with Gasteiger partial charge in [-0.3, -0.25) is 4.79 Å². The van der Waals surface area contributed by atoms with Gasteiger partial charge in [0.2, 0.25) is 5.91 Å². The summed E-state index contributed by atoms with van der Waals surface area (Å²) in [6.45, 7) is 5.85. The Hall–Kier alpha value is -2.04. The molecule has 0 aliphatic carbocycles. The van der Waals surface area contributed by atoms with Gasteiger partial charge in [-0.05, 0) is 31.9 Å². The lowest BCUT2D eigenvalue weighted by atomic mass is 10.0. The van der Waals surface area contributed by atoms with Crippen LogP contribution < -0.4 is 10.6 Å². The topological polar surface area (TPSA) is 67.4 Å². The molecule has 0 saturated heterocycles. The molecule has 0 saturated carbocycles. The summed E-state index contributed by atoms with van der Waals surface area (Å²) in [5, 5.41) is 5.44. The Bertz CT molecular complexity index is 520. The molecule has 1 aromatic rings. The van der Waals surface area contributed by atoms with Gasteiger partial charge in [0, 0.05) is 13.0 Å². The highest BCUT2D eigenvalue weighted by Crippen LogP contribution is 2.15. The van der Waals surface area contributed by atoms with Crippen LogP contribution in [0.4, 0.5) is 4.79 Å². The number of amides is 2. The molecule has 1 aliphatic heterocycles. The summed E-state index contributed by atoms with van der Waals surface area (Å²) in [6, 6.07) is 7.21. The third kappa shape index (κ3) is 3.73. The first kappa shape index (κ1) is 14.4. The molecule has 5 heteroatoms. The Morgan fingerprint density at radius 1 is 1.30 bits per heavy atom. The number of ether oxygens (including phenoxy) is 1. The van der Waals surface area contributed by atoms with Crippen molar-refractivity contribution in [2.45, 2.75) is 45.4 Å². The summed E-state index contributed by atoms with van der Waals surface area (Å²) < 4.78 is 5.19. The zero-order valence-electron chi connectivity index (χ0n) is 12.0. The molecule has 0 radical (unpaired) electrons. The van der Waals surface area contributed by atoms with E-state index in [9.17, 15) is 9.59 Å². The van der Waals surface area contributed by atoms with Crippen LogP contribution in [0.3, 0.4) is 0 Å². The first-order valence-electron chi connectivity index (χ1n) is 6.69. The fourth-order valence-electron chi connectivity index (χ4n) is 2.11. The molecule has 1 unspecified atom stereocenters. The highest BCUT2D eigenvalue weighted by Gasteiger charge is 2.27. The van der Waals surface area contributed by atoms with Crippen LogP contribution in [-0.2, 0) is 22.5 Å². The fourth-order valence-corrected chi connectivity index (χ4v) is 2.11. The van der Waals surface area contributed by atoms with Crippen LogP contribution in [0.2, 0.25) is 0 Å². The SMILES string of the molecule is CC(C)(C)OC(=O)NC1Cc2ccccc2CNC1=O. The molecule has 1 aromatic carbocycles. The standard InChI is InChI=1S/C15H20N2O3/c1-15(2,3)20-14(19)17-12-8-10-6-4-5-7-11(10)9-16-13(12)18/h4-7,12H,8-9H2,1-3H3,(H,16,18)(H,17,19). The van der Waals surface area contributed by atoms with Crippen molar-refractivity contribution < 1.29 is 14.3 Å². The first-order valence-corrected chi connectivity index (χ1v) is 6.69. The number of alkyl carbamates (subject to hydrolysis) is 1. The van der Waals surface area contributed by atoms with Gasteiger partial charge in [0.25, 0.3) is 0 Å². The van der Waals surface area contributed by atoms with Gasteiger partial charge in [0.05, 0.1) is 0 Å². The Morgan fingerprint density at radius 3 is 2.60 bits per heavy atom. The van der Waals surface area contributed by atoms with Gasteiger partial charge in [-0.1, -0.05) is 24.3 Å². The zero-order chi connectivity index (χ0) is 14.8. The van der Waals surface area contributed by atoms with Crippen LogP contribution in [0.1, 0.15) is 31.9 Å². The minimum atomic E-state index is -0.603. The van der Waals surface area contributed by atoms with Crippen molar-refractivity contribution in [2.75, 3.05) is 0 Å². The summed E-state index contributed by atoms with van der Waals surface area (Å²) in [7, 11) is 0. The maximum Gasteiger partial charge on any atom is 0.408 e. The largest absolute Gasteiger partial charge is 0.444 e. The first-order chi connectivity index (χ1) is 9.35. The normalized spacial score (nSPS) is 18.6.